The largest absolute Gasteiger partial charge is 0.395 e. The van der Waals surface area contributed by atoms with E-state index in [1.54, 1.807) is 28.8 Å². The number of aliphatic hydroxyl groups excluding tert-OH is 1. The van der Waals surface area contributed by atoms with Crippen molar-refractivity contribution in [3.05, 3.63) is 52.7 Å². The number of carbonyl (C=O) groups is 2. The summed E-state index contributed by atoms with van der Waals surface area (Å²) in [4.78, 5) is 28.6. The van der Waals surface area contributed by atoms with Crippen LogP contribution in [0, 0.1) is 0 Å². The van der Waals surface area contributed by atoms with Crippen LogP contribution in [0.15, 0.2) is 42.4 Å². The van der Waals surface area contributed by atoms with Gasteiger partial charge in [0.15, 0.2) is 10.3 Å². The van der Waals surface area contributed by atoms with Crippen molar-refractivity contribution < 1.29 is 14.7 Å². The van der Waals surface area contributed by atoms with Gasteiger partial charge in [-0.1, -0.05) is 23.2 Å². The first kappa shape index (κ1) is 16.5. The molecule has 1 aromatic carbocycles. The number of imide groups is 1. The van der Waals surface area contributed by atoms with Gasteiger partial charge in [-0.3, -0.25) is 19.1 Å². The maximum Gasteiger partial charge on any atom is 0.277 e. The average Bonchev–Trinajstić information content (AvgIpc) is 3.03. The number of β-amino-alcohol motifs (C(OH)–C–C–N with tert-alkyl or cyclic N) is 1. The maximum absolute atomic E-state index is 12.1. The average molecular weight is 367 g/mol. The number of aliphatic hydroxyl groups is 1. The van der Waals surface area contributed by atoms with E-state index in [-0.39, 0.29) is 24.0 Å². The van der Waals surface area contributed by atoms with Crippen molar-refractivity contribution in [1.82, 2.24) is 14.5 Å². The lowest BCUT2D eigenvalue weighted by molar-refractivity contribution is -0.137. The second-order valence-corrected chi connectivity index (χ2v) is 5.66. The Labute approximate surface area is 147 Å². The number of imidazole rings is 1. The number of hydrogen-bond donors (Lipinski definition) is 2. The highest BCUT2D eigenvalue weighted by Crippen LogP contribution is 2.25. The first-order valence-corrected chi connectivity index (χ1v) is 7.71. The molecular weight excluding hydrogens is 355 g/mol. The minimum Gasteiger partial charge on any atom is -0.395 e. The van der Waals surface area contributed by atoms with Crippen LogP contribution in [-0.2, 0) is 9.59 Å². The highest BCUT2D eigenvalue weighted by atomic mass is 35.5. The Kier molecular flexibility index (Phi) is 4.57. The minimum atomic E-state index is -0.470. The minimum absolute atomic E-state index is 0.0296. The lowest BCUT2D eigenvalue weighted by Gasteiger charge is -2.13. The summed E-state index contributed by atoms with van der Waals surface area (Å²) >= 11 is 11.9. The van der Waals surface area contributed by atoms with Crippen LogP contribution >= 0.6 is 23.2 Å². The van der Waals surface area contributed by atoms with Crippen LogP contribution in [0.5, 0.6) is 0 Å². The number of amides is 2. The standard InChI is InChI=1S/C15H12Cl2N4O3/c16-13-14(17)21(8-18-13)10-3-1-9(2-4-10)19-11-7-12(23)20(5-6-22)15(11)24/h1-4,7-8,19,22H,5-6H2. The van der Waals surface area contributed by atoms with Crippen LogP contribution < -0.4 is 5.32 Å². The van der Waals surface area contributed by atoms with Gasteiger partial charge in [0, 0.05) is 17.5 Å². The topological polar surface area (TPSA) is 87.5 Å². The molecule has 1 aliphatic heterocycles. The Morgan fingerprint density at radius 1 is 1.17 bits per heavy atom. The van der Waals surface area contributed by atoms with E-state index in [0.29, 0.717) is 10.8 Å². The van der Waals surface area contributed by atoms with Crippen molar-refractivity contribution in [2.24, 2.45) is 0 Å². The number of aromatic nitrogens is 2. The number of benzene rings is 1. The number of anilines is 1. The first-order valence-electron chi connectivity index (χ1n) is 6.95. The van der Waals surface area contributed by atoms with Gasteiger partial charge >= 0.3 is 0 Å². The van der Waals surface area contributed by atoms with Crippen molar-refractivity contribution in [2.75, 3.05) is 18.5 Å². The molecule has 0 spiro atoms. The Hall–Kier alpha value is -2.35. The summed E-state index contributed by atoms with van der Waals surface area (Å²) in [6, 6.07) is 6.98. The normalized spacial score (nSPS) is 14.3. The molecule has 7 nitrogen and oxygen atoms in total. The molecule has 0 unspecified atom stereocenters. The van der Waals surface area contributed by atoms with E-state index in [2.05, 4.69) is 10.3 Å². The number of hydrogen-bond acceptors (Lipinski definition) is 5. The van der Waals surface area contributed by atoms with Crippen LogP contribution in [-0.4, -0.2) is 44.5 Å². The van der Waals surface area contributed by atoms with Gasteiger partial charge in [0.05, 0.1) is 13.2 Å². The predicted molar refractivity (Wildman–Crippen MR) is 89.1 cm³/mol. The van der Waals surface area contributed by atoms with Gasteiger partial charge in [-0.15, -0.1) is 0 Å². The molecule has 9 heteroatoms. The van der Waals surface area contributed by atoms with Gasteiger partial charge in [0.1, 0.15) is 12.0 Å². The zero-order valence-electron chi connectivity index (χ0n) is 12.2. The third-order valence-corrected chi connectivity index (χ3v) is 4.16. The molecule has 0 saturated heterocycles. The van der Waals surface area contributed by atoms with Crippen LogP contribution in [0.1, 0.15) is 0 Å². The van der Waals surface area contributed by atoms with E-state index < -0.39 is 11.8 Å². The fourth-order valence-corrected chi connectivity index (χ4v) is 2.59. The summed E-state index contributed by atoms with van der Waals surface area (Å²) < 4.78 is 1.61. The number of rotatable bonds is 5. The Morgan fingerprint density at radius 3 is 2.46 bits per heavy atom. The van der Waals surface area contributed by atoms with Crippen molar-refractivity contribution >= 4 is 40.7 Å². The molecular formula is C15H12Cl2N4O3. The molecule has 0 radical (unpaired) electrons. The Morgan fingerprint density at radius 2 is 1.88 bits per heavy atom. The van der Waals surface area contributed by atoms with E-state index in [0.717, 1.165) is 10.6 Å². The third kappa shape index (κ3) is 3.01. The monoisotopic (exact) mass is 366 g/mol. The van der Waals surface area contributed by atoms with Crippen LogP contribution in [0.3, 0.4) is 0 Å². The first-order chi connectivity index (χ1) is 11.5. The zero-order chi connectivity index (χ0) is 17.3. The molecule has 2 heterocycles. The van der Waals surface area contributed by atoms with Crippen molar-refractivity contribution in [1.29, 1.82) is 0 Å². The second kappa shape index (κ2) is 6.64. The fourth-order valence-electron chi connectivity index (χ4n) is 2.26. The van der Waals surface area contributed by atoms with E-state index >= 15 is 0 Å². The molecule has 3 rings (SSSR count). The van der Waals surface area contributed by atoms with E-state index in [4.69, 9.17) is 28.3 Å². The summed E-state index contributed by atoms with van der Waals surface area (Å²) in [5.74, 6) is -0.921. The zero-order valence-corrected chi connectivity index (χ0v) is 13.8. The molecule has 1 aliphatic rings. The molecule has 0 aliphatic carbocycles. The predicted octanol–water partition coefficient (Wildman–Crippen LogP) is 1.84. The summed E-state index contributed by atoms with van der Waals surface area (Å²) in [6.07, 6.45) is 2.71. The van der Waals surface area contributed by atoms with Crippen LogP contribution in [0.4, 0.5) is 5.69 Å². The molecule has 1 aromatic heterocycles. The summed E-state index contributed by atoms with van der Waals surface area (Å²) in [5.41, 5.74) is 1.53. The van der Waals surface area contributed by atoms with Crippen molar-refractivity contribution in [3.8, 4) is 5.69 Å². The van der Waals surface area contributed by atoms with Gasteiger partial charge < -0.3 is 10.4 Å². The SMILES string of the molecule is O=C1C=C(Nc2ccc(-n3cnc(Cl)c3Cl)cc2)C(=O)N1CCO. The quantitative estimate of drug-likeness (QED) is 0.788. The Balaban J connectivity index is 1.76. The summed E-state index contributed by atoms with van der Waals surface area (Å²) in [5, 5.41) is 12.3. The summed E-state index contributed by atoms with van der Waals surface area (Å²) in [7, 11) is 0. The van der Waals surface area contributed by atoms with Gasteiger partial charge in [0.25, 0.3) is 11.8 Å². The third-order valence-electron chi connectivity index (χ3n) is 3.43. The molecule has 24 heavy (non-hydrogen) atoms. The maximum atomic E-state index is 12.1. The molecule has 124 valence electrons. The molecule has 2 N–H and O–H groups in total. The second-order valence-electron chi connectivity index (χ2n) is 4.94. The van der Waals surface area contributed by atoms with Crippen LogP contribution in [0.25, 0.3) is 5.69 Å². The molecule has 0 bridgehead atoms. The van der Waals surface area contributed by atoms with Gasteiger partial charge in [-0.05, 0) is 24.3 Å². The molecule has 0 atom stereocenters. The lowest BCUT2D eigenvalue weighted by atomic mass is 10.2. The number of nitrogens with zero attached hydrogens (tertiary/aromatic N) is 3. The molecule has 0 fully saturated rings. The molecule has 2 aromatic rings. The van der Waals surface area contributed by atoms with Gasteiger partial charge in [-0.25, -0.2) is 4.98 Å². The number of carbonyl (C=O) groups excluding carboxylic acids is 2. The fraction of sp³-hybridized carbons (Fsp3) is 0.133. The van der Waals surface area contributed by atoms with Crippen molar-refractivity contribution in [2.45, 2.75) is 0 Å². The van der Waals surface area contributed by atoms with E-state index in [1.165, 1.54) is 12.4 Å². The molecule has 2 amide bonds. The number of halogens is 2. The van der Waals surface area contributed by atoms with E-state index in [9.17, 15) is 9.59 Å². The Bertz CT molecular complexity index is 830. The lowest BCUT2D eigenvalue weighted by Crippen LogP contribution is -2.34. The highest BCUT2D eigenvalue weighted by Gasteiger charge is 2.30. The smallest absolute Gasteiger partial charge is 0.277 e. The van der Waals surface area contributed by atoms with Crippen LogP contribution in [0.2, 0.25) is 10.3 Å². The summed E-state index contributed by atoms with van der Waals surface area (Å²) in [6.45, 7) is -0.306. The highest BCUT2D eigenvalue weighted by molar-refractivity contribution is 6.40. The molecule has 0 saturated carbocycles. The number of nitrogens with one attached hydrogen (secondary N) is 1. The van der Waals surface area contributed by atoms with Gasteiger partial charge in [-0.2, -0.15) is 0 Å². The van der Waals surface area contributed by atoms with Crippen molar-refractivity contribution in [3.63, 3.8) is 0 Å². The van der Waals surface area contributed by atoms with E-state index in [1.807, 2.05) is 0 Å². The van der Waals surface area contributed by atoms with Gasteiger partial charge in [0.2, 0.25) is 0 Å².